The van der Waals surface area contributed by atoms with Gasteiger partial charge in [-0.1, -0.05) is 17.7 Å². The number of nitro groups is 1. The molecule has 0 aliphatic heterocycles. The topological polar surface area (TPSA) is 68.6 Å². The van der Waals surface area contributed by atoms with Crippen LogP contribution in [0.5, 0.6) is 0 Å². The minimum atomic E-state index is -0.595. The Hall–Kier alpha value is -2.14. The van der Waals surface area contributed by atoms with Gasteiger partial charge in [0.1, 0.15) is 4.92 Å². The van der Waals surface area contributed by atoms with E-state index in [1.54, 1.807) is 18.2 Å². The summed E-state index contributed by atoms with van der Waals surface area (Å²) in [5.74, 6) is 0.0142. The maximum absolute atomic E-state index is 10.4. The third kappa shape index (κ3) is 2.57. The predicted octanol–water partition coefficient (Wildman–Crippen LogP) is 3.90. The summed E-state index contributed by atoms with van der Waals surface area (Å²) in [5.41, 5.74) is 1.54. The normalized spacial score (nSPS) is 11.0. The van der Waals surface area contributed by atoms with Gasteiger partial charge in [-0.2, -0.15) is 0 Å². The molecule has 0 radical (unpaired) electrons. The lowest BCUT2D eigenvalue weighted by Crippen LogP contribution is -1.83. The molecule has 0 fully saturated rings. The lowest BCUT2D eigenvalue weighted by atomic mass is 10.2. The number of hydrogen-bond donors (Lipinski definition) is 0. The van der Waals surface area contributed by atoms with Crippen molar-refractivity contribution in [1.82, 2.24) is 0 Å². The van der Waals surface area contributed by atoms with Gasteiger partial charge in [0.2, 0.25) is 0 Å². The molecule has 0 aliphatic rings. The summed E-state index contributed by atoms with van der Waals surface area (Å²) >= 11 is 5.95. The lowest BCUT2D eigenvalue weighted by Gasteiger charge is -2.00. The van der Waals surface area contributed by atoms with Gasteiger partial charge in [0, 0.05) is 5.02 Å². The molecule has 1 aromatic carbocycles. The first kappa shape index (κ1) is 12.3. The molecular weight excluding hydrogens is 256 g/mol. The van der Waals surface area contributed by atoms with Crippen molar-refractivity contribution in [3.63, 3.8) is 0 Å². The van der Waals surface area contributed by atoms with Crippen LogP contribution in [0.1, 0.15) is 11.3 Å². The number of hydrogen-bond acceptors (Lipinski definition) is 4. The van der Waals surface area contributed by atoms with E-state index in [2.05, 4.69) is 4.99 Å². The van der Waals surface area contributed by atoms with Crippen molar-refractivity contribution < 1.29 is 9.34 Å². The van der Waals surface area contributed by atoms with E-state index in [4.69, 9.17) is 16.0 Å². The molecule has 5 nitrogen and oxygen atoms in total. The van der Waals surface area contributed by atoms with Crippen molar-refractivity contribution in [1.29, 1.82) is 0 Å². The van der Waals surface area contributed by atoms with Gasteiger partial charge in [-0.25, -0.2) is 0 Å². The van der Waals surface area contributed by atoms with E-state index in [1.807, 2.05) is 6.92 Å². The van der Waals surface area contributed by atoms with Crippen molar-refractivity contribution >= 4 is 29.4 Å². The van der Waals surface area contributed by atoms with E-state index < -0.39 is 4.92 Å². The number of furan rings is 1. The molecule has 0 aliphatic carbocycles. The smallest absolute Gasteiger partial charge is 0.400 e. The second-order valence-electron chi connectivity index (χ2n) is 3.58. The molecule has 1 heterocycles. The lowest BCUT2D eigenvalue weighted by molar-refractivity contribution is -0.402. The Kier molecular flexibility index (Phi) is 3.43. The third-order valence-electron chi connectivity index (χ3n) is 2.36. The molecule has 1 aromatic heterocycles. The fraction of sp³-hybridized carbons (Fsp3) is 0.0833. The van der Waals surface area contributed by atoms with Gasteiger partial charge >= 0.3 is 5.88 Å². The van der Waals surface area contributed by atoms with Gasteiger partial charge < -0.3 is 4.42 Å². The zero-order chi connectivity index (χ0) is 13.1. The Balaban J connectivity index is 2.24. The van der Waals surface area contributed by atoms with E-state index in [0.29, 0.717) is 16.5 Å². The largest absolute Gasteiger partial charge is 0.433 e. The zero-order valence-electron chi connectivity index (χ0n) is 9.46. The van der Waals surface area contributed by atoms with Crippen molar-refractivity contribution in [3.8, 4) is 0 Å². The molecule has 0 spiro atoms. The Morgan fingerprint density at radius 3 is 2.83 bits per heavy atom. The second kappa shape index (κ2) is 5.01. The molecule has 0 N–H and O–H groups in total. The van der Waals surface area contributed by atoms with Crippen molar-refractivity contribution in [2.45, 2.75) is 6.92 Å². The fourth-order valence-electron chi connectivity index (χ4n) is 1.38. The molecule has 0 saturated carbocycles. The van der Waals surface area contributed by atoms with Crippen LogP contribution >= 0.6 is 11.6 Å². The van der Waals surface area contributed by atoms with E-state index in [9.17, 15) is 10.1 Å². The van der Waals surface area contributed by atoms with Crippen LogP contribution in [-0.4, -0.2) is 11.1 Å². The second-order valence-corrected chi connectivity index (χ2v) is 3.98. The standard InChI is InChI=1S/C12H9ClN2O3/c1-8-10(13)3-2-4-11(8)14-7-9-5-6-12(18-9)15(16)17/h2-7H,1H3. The minimum absolute atomic E-state index is 0.306. The molecule has 0 saturated heterocycles. The highest BCUT2D eigenvalue weighted by Crippen LogP contribution is 2.25. The van der Waals surface area contributed by atoms with Crippen molar-refractivity contribution in [3.05, 3.63) is 56.8 Å². The van der Waals surface area contributed by atoms with Crippen LogP contribution in [0.2, 0.25) is 5.02 Å². The molecule has 6 heteroatoms. The van der Waals surface area contributed by atoms with Gasteiger partial charge in [-0.15, -0.1) is 0 Å². The molecule has 18 heavy (non-hydrogen) atoms. The first-order valence-corrected chi connectivity index (χ1v) is 5.49. The Labute approximate surface area is 108 Å². The molecule has 0 atom stereocenters. The maximum Gasteiger partial charge on any atom is 0.433 e. The Morgan fingerprint density at radius 1 is 1.39 bits per heavy atom. The Morgan fingerprint density at radius 2 is 2.17 bits per heavy atom. The van der Waals surface area contributed by atoms with Gasteiger partial charge in [0.05, 0.1) is 18.0 Å². The van der Waals surface area contributed by atoms with Crippen molar-refractivity contribution in [2.75, 3.05) is 0 Å². The van der Waals surface area contributed by atoms with E-state index >= 15 is 0 Å². The minimum Gasteiger partial charge on any atom is -0.400 e. The van der Waals surface area contributed by atoms with Crippen molar-refractivity contribution in [2.24, 2.45) is 4.99 Å². The molecule has 0 amide bonds. The maximum atomic E-state index is 10.4. The molecule has 92 valence electrons. The summed E-state index contributed by atoms with van der Waals surface area (Å²) in [6.45, 7) is 1.85. The average Bonchev–Trinajstić information content (AvgIpc) is 2.80. The summed E-state index contributed by atoms with van der Waals surface area (Å²) < 4.78 is 4.96. The van der Waals surface area contributed by atoms with Crippen LogP contribution in [0, 0.1) is 17.0 Å². The summed E-state index contributed by atoms with van der Waals surface area (Å²) in [6.07, 6.45) is 1.42. The van der Waals surface area contributed by atoms with E-state index in [0.717, 1.165) is 5.56 Å². The number of aliphatic imine (C=N–C) groups is 1. The predicted molar refractivity (Wildman–Crippen MR) is 68.8 cm³/mol. The molecule has 2 rings (SSSR count). The summed E-state index contributed by atoms with van der Waals surface area (Å²) in [7, 11) is 0. The van der Waals surface area contributed by atoms with Gasteiger partial charge in [0.25, 0.3) is 0 Å². The number of halogens is 1. The van der Waals surface area contributed by atoms with Crippen LogP contribution < -0.4 is 0 Å². The highest BCUT2D eigenvalue weighted by atomic mass is 35.5. The third-order valence-corrected chi connectivity index (χ3v) is 2.77. The first-order chi connectivity index (χ1) is 8.58. The summed E-state index contributed by atoms with van der Waals surface area (Å²) in [5, 5.41) is 11.1. The highest BCUT2D eigenvalue weighted by Gasteiger charge is 2.10. The average molecular weight is 265 g/mol. The SMILES string of the molecule is Cc1c(Cl)cccc1N=Cc1ccc([N+](=O)[O-])o1. The monoisotopic (exact) mass is 264 g/mol. The van der Waals surface area contributed by atoms with Crippen LogP contribution in [0.15, 0.2) is 39.7 Å². The molecule has 0 unspecified atom stereocenters. The van der Waals surface area contributed by atoms with E-state index in [-0.39, 0.29) is 5.88 Å². The quantitative estimate of drug-likeness (QED) is 0.479. The highest BCUT2D eigenvalue weighted by molar-refractivity contribution is 6.31. The fourth-order valence-corrected chi connectivity index (χ4v) is 1.55. The van der Waals surface area contributed by atoms with Gasteiger partial charge in [0.15, 0.2) is 5.76 Å². The van der Waals surface area contributed by atoms with Crippen LogP contribution in [0.4, 0.5) is 11.6 Å². The molecular formula is C12H9ClN2O3. The molecule has 2 aromatic rings. The first-order valence-electron chi connectivity index (χ1n) is 5.11. The van der Waals surface area contributed by atoms with Crippen LogP contribution in [0.3, 0.4) is 0 Å². The Bertz CT molecular complexity index is 620. The van der Waals surface area contributed by atoms with E-state index in [1.165, 1.54) is 18.3 Å². The zero-order valence-corrected chi connectivity index (χ0v) is 10.2. The molecule has 0 bridgehead atoms. The summed E-state index contributed by atoms with van der Waals surface area (Å²) in [6, 6.07) is 8.13. The van der Waals surface area contributed by atoms with Crippen LogP contribution in [0.25, 0.3) is 0 Å². The van der Waals surface area contributed by atoms with Crippen LogP contribution in [-0.2, 0) is 0 Å². The number of nitrogens with zero attached hydrogens (tertiary/aromatic N) is 2. The number of benzene rings is 1. The number of rotatable bonds is 3. The van der Waals surface area contributed by atoms with Gasteiger partial charge in [-0.3, -0.25) is 15.1 Å². The summed E-state index contributed by atoms with van der Waals surface area (Å²) in [4.78, 5) is 14.0. The van der Waals surface area contributed by atoms with Gasteiger partial charge in [-0.05, 0) is 30.7 Å².